The van der Waals surface area contributed by atoms with Gasteiger partial charge >= 0.3 is 6.18 Å². The van der Waals surface area contributed by atoms with Gasteiger partial charge < -0.3 is 20.1 Å². The number of amides is 2. The highest BCUT2D eigenvalue weighted by molar-refractivity contribution is 6.29. The third-order valence-corrected chi connectivity index (χ3v) is 5.07. The first-order valence-corrected chi connectivity index (χ1v) is 9.94. The molecule has 2 aromatic rings. The van der Waals surface area contributed by atoms with Crippen LogP contribution in [-0.2, 0) is 9.53 Å². The average molecular weight is 486 g/mol. The maximum atomic E-state index is 13.1. The van der Waals surface area contributed by atoms with Gasteiger partial charge in [0.15, 0.2) is 6.10 Å². The summed E-state index contributed by atoms with van der Waals surface area (Å²) in [6.07, 6.45) is -8.45. The molecule has 3 heterocycles. The van der Waals surface area contributed by atoms with Gasteiger partial charge in [-0.1, -0.05) is 18.2 Å². The smallest absolute Gasteiger partial charge is 0.381 e. The van der Waals surface area contributed by atoms with E-state index in [0.717, 1.165) is 17.3 Å². The van der Waals surface area contributed by atoms with Crippen LogP contribution in [0.3, 0.4) is 0 Å². The largest absolute Gasteiger partial charge is 0.416 e. The molecule has 0 spiro atoms. The van der Waals surface area contributed by atoms with Crippen LogP contribution in [0.5, 0.6) is 0 Å². The molecule has 0 saturated carbocycles. The van der Waals surface area contributed by atoms with Crippen molar-refractivity contribution in [1.82, 2.24) is 25.2 Å². The number of hydrogen-bond acceptors (Lipinski definition) is 7. The second-order valence-corrected chi connectivity index (χ2v) is 7.46. The molecular formula is C20H19ClF3N5O4. The summed E-state index contributed by atoms with van der Waals surface area (Å²) in [7, 11) is 1.43. The minimum absolute atomic E-state index is 0.0219. The second-order valence-electron chi connectivity index (χ2n) is 7.07. The quantitative estimate of drug-likeness (QED) is 0.491. The summed E-state index contributed by atoms with van der Waals surface area (Å²) in [6.45, 7) is 2.77. The molecule has 2 aromatic heterocycles. The lowest BCUT2D eigenvalue weighted by atomic mass is 10.0. The second kappa shape index (κ2) is 9.81. The van der Waals surface area contributed by atoms with Crippen molar-refractivity contribution in [2.75, 3.05) is 20.1 Å². The molecule has 0 bridgehead atoms. The van der Waals surface area contributed by atoms with E-state index in [-0.39, 0.29) is 28.8 Å². The minimum atomic E-state index is -4.95. The number of hydrogen-bond donors (Lipinski definition) is 2. The van der Waals surface area contributed by atoms with E-state index < -0.39 is 42.8 Å². The predicted octanol–water partition coefficient (Wildman–Crippen LogP) is 1.93. The summed E-state index contributed by atoms with van der Waals surface area (Å²) in [5.41, 5.74) is 0.796. The summed E-state index contributed by atoms with van der Waals surface area (Å²) in [5.74, 6) is -1.08. The standard InChI is InChI=1S/C20H19ClF3N5O4/c1-3-17(30)29-7-14(33-15(8-29)18(31)20(22,23)24)10-4-12(28-16(21)5-10)11-6-13(19(32)25-2)27-9-26-11/h3-6,9,14-15,18,31H,1,7-8H2,2H3,(H,25,32)/t14-,15-,18-/m0/s1. The van der Waals surface area contributed by atoms with Gasteiger partial charge in [-0.25, -0.2) is 15.0 Å². The summed E-state index contributed by atoms with van der Waals surface area (Å²) in [4.78, 5) is 37.2. The third kappa shape index (κ3) is 5.64. The number of ether oxygens (including phenoxy) is 1. The molecule has 3 atom stereocenters. The van der Waals surface area contributed by atoms with Crippen LogP contribution in [0.15, 0.2) is 37.2 Å². The zero-order valence-corrected chi connectivity index (χ0v) is 18.0. The lowest BCUT2D eigenvalue weighted by Crippen LogP contribution is -2.54. The average Bonchev–Trinajstić information content (AvgIpc) is 2.81. The van der Waals surface area contributed by atoms with Crippen molar-refractivity contribution in [3.05, 3.63) is 53.6 Å². The Labute approximate surface area is 191 Å². The monoisotopic (exact) mass is 485 g/mol. The molecule has 9 nitrogen and oxygen atoms in total. The molecule has 1 aliphatic heterocycles. The van der Waals surface area contributed by atoms with Gasteiger partial charge in [0, 0.05) is 7.05 Å². The zero-order chi connectivity index (χ0) is 24.3. The van der Waals surface area contributed by atoms with Crippen LogP contribution in [0.4, 0.5) is 13.2 Å². The summed E-state index contributed by atoms with van der Waals surface area (Å²) >= 11 is 6.13. The van der Waals surface area contributed by atoms with Gasteiger partial charge in [-0.15, -0.1) is 0 Å². The van der Waals surface area contributed by atoms with E-state index >= 15 is 0 Å². The van der Waals surface area contributed by atoms with Gasteiger partial charge in [-0.2, -0.15) is 13.2 Å². The Morgan fingerprint density at radius 3 is 2.67 bits per heavy atom. The summed E-state index contributed by atoms with van der Waals surface area (Å²) in [5, 5.41) is 12.1. The lowest BCUT2D eigenvalue weighted by molar-refractivity contribution is -0.253. The van der Waals surface area contributed by atoms with Crippen LogP contribution < -0.4 is 5.32 Å². The van der Waals surface area contributed by atoms with Crippen molar-refractivity contribution >= 4 is 23.4 Å². The summed E-state index contributed by atoms with van der Waals surface area (Å²) < 4.78 is 44.9. The Hall–Kier alpha value is -3.09. The highest BCUT2D eigenvalue weighted by Gasteiger charge is 2.47. The number of aliphatic hydroxyl groups excluding tert-OH is 1. The van der Waals surface area contributed by atoms with Crippen molar-refractivity contribution in [3.63, 3.8) is 0 Å². The van der Waals surface area contributed by atoms with Crippen LogP contribution in [0.25, 0.3) is 11.4 Å². The Balaban J connectivity index is 1.99. The minimum Gasteiger partial charge on any atom is -0.381 e. The van der Waals surface area contributed by atoms with Crippen molar-refractivity contribution in [2.24, 2.45) is 0 Å². The molecular weight excluding hydrogens is 467 g/mol. The highest BCUT2D eigenvalue weighted by atomic mass is 35.5. The van der Waals surface area contributed by atoms with Gasteiger partial charge in [0.1, 0.15) is 29.4 Å². The third-order valence-electron chi connectivity index (χ3n) is 4.88. The molecule has 0 radical (unpaired) electrons. The Morgan fingerprint density at radius 2 is 2.03 bits per heavy atom. The number of aliphatic hydroxyl groups is 1. The van der Waals surface area contributed by atoms with E-state index in [1.807, 2.05) is 0 Å². The van der Waals surface area contributed by atoms with Gasteiger partial charge in [0.05, 0.1) is 24.5 Å². The zero-order valence-electron chi connectivity index (χ0n) is 17.2. The fourth-order valence-electron chi connectivity index (χ4n) is 3.25. The molecule has 0 aromatic carbocycles. The van der Waals surface area contributed by atoms with Crippen LogP contribution in [0.1, 0.15) is 22.2 Å². The first-order valence-electron chi connectivity index (χ1n) is 9.57. The maximum Gasteiger partial charge on any atom is 0.416 e. The van der Waals surface area contributed by atoms with Crippen LogP contribution in [0, 0.1) is 0 Å². The van der Waals surface area contributed by atoms with Crippen LogP contribution >= 0.6 is 11.6 Å². The molecule has 1 aliphatic rings. The van der Waals surface area contributed by atoms with Gasteiger partial charge in [0.25, 0.3) is 5.91 Å². The Bertz CT molecular complexity index is 1070. The van der Waals surface area contributed by atoms with Crippen molar-refractivity contribution in [2.45, 2.75) is 24.5 Å². The molecule has 0 unspecified atom stereocenters. The van der Waals surface area contributed by atoms with E-state index in [1.54, 1.807) is 0 Å². The fraction of sp³-hybridized carbons (Fsp3) is 0.350. The molecule has 2 N–H and O–H groups in total. The molecule has 33 heavy (non-hydrogen) atoms. The van der Waals surface area contributed by atoms with Crippen molar-refractivity contribution in [3.8, 4) is 11.4 Å². The summed E-state index contributed by atoms with van der Waals surface area (Å²) in [6, 6.07) is 4.20. The number of rotatable bonds is 5. The number of carbonyl (C=O) groups excluding carboxylic acids is 2. The van der Waals surface area contributed by atoms with Gasteiger partial charge in [-0.3, -0.25) is 9.59 Å². The van der Waals surface area contributed by atoms with Crippen molar-refractivity contribution in [1.29, 1.82) is 0 Å². The number of morpholine rings is 1. The molecule has 1 saturated heterocycles. The van der Waals surface area contributed by atoms with E-state index in [4.69, 9.17) is 16.3 Å². The highest BCUT2D eigenvalue weighted by Crippen LogP contribution is 2.34. The molecule has 176 valence electrons. The topological polar surface area (TPSA) is 118 Å². The van der Waals surface area contributed by atoms with Crippen LogP contribution in [0.2, 0.25) is 5.15 Å². The molecule has 2 amide bonds. The SMILES string of the molecule is C=CC(=O)N1C[C@@H](c2cc(Cl)nc(-c3cc(C(=O)NC)ncn3)c2)O[C@H]([C@H](O)C(F)(F)F)C1. The van der Waals surface area contributed by atoms with Crippen LogP contribution in [-0.4, -0.2) is 75.3 Å². The Kier molecular flexibility index (Phi) is 7.30. The van der Waals surface area contributed by atoms with E-state index in [2.05, 4.69) is 26.8 Å². The normalized spacial score (nSPS) is 19.6. The molecule has 1 fully saturated rings. The first-order chi connectivity index (χ1) is 15.5. The molecule has 3 rings (SSSR count). The van der Waals surface area contributed by atoms with E-state index in [9.17, 15) is 27.9 Å². The van der Waals surface area contributed by atoms with Gasteiger partial charge in [0.2, 0.25) is 5.91 Å². The number of halogens is 4. The maximum absolute atomic E-state index is 13.1. The van der Waals surface area contributed by atoms with E-state index in [0.29, 0.717) is 5.56 Å². The van der Waals surface area contributed by atoms with E-state index in [1.165, 1.54) is 25.2 Å². The first kappa shape index (κ1) is 24.6. The van der Waals surface area contributed by atoms with Crippen molar-refractivity contribution < 1.29 is 32.6 Å². The number of nitrogens with zero attached hydrogens (tertiary/aromatic N) is 4. The molecule has 0 aliphatic carbocycles. The lowest BCUT2D eigenvalue weighted by Gasteiger charge is -2.40. The number of aromatic nitrogens is 3. The fourth-order valence-corrected chi connectivity index (χ4v) is 3.47. The number of nitrogens with one attached hydrogen (secondary N) is 1. The number of alkyl halides is 3. The predicted molar refractivity (Wildman–Crippen MR) is 110 cm³/mol. The Morgan fingerprint density at radius 1 is 1.30 bits per heavy atom. The number of carbonyl (C=O) groups is 2. The number of pyridine rings is 1. The van der Waals surface area contributed by atoms with Gasteiger partial charge in [-0.05, 0) is 29.8 Å². The molecule has 13 heteroatoms.